The van der Waals surface area contributed by atoms with E-state index in [0.717, 1.165) is 16.9 Å². The van der Waals surface area contributed by atoms with Crippen LogP contribution in [0.1, 0.15) is 56.2 Å². The van der Waals surface area contributed by atoms with Gasteiger partial charge in [-0.05, 0) is 77.4 Å². The predicted octanol–water partition coefficient (Wildman–Crippen LogP) is 6.01. The third-order valence-electron chi connectivity index (χ3n) is 5.88. The highest BCUT2D eigenvalue weighted by molar-refractivity contribution is 5.91. The first-order chi connectivity index (χ1) is 17.2. The summed E-state index contributed by atoms with van der Waals surface area (Å²) in [6.45, 7) is 10.4. The summed E-state index contributed by atoms with van der Waals surface area (Å²) in [5.74, 6) is 1.04. The molecule has 0 spiro atoms. The number of carbonyl (C=O) groups is 2. The summed E-state index contributed by atoms with van der Waals surface area (Å²) in [4.78, 5) is 27.2. The second kappa shape index (κ2) is 10.4. The highest BCUT2D eigenvalue weighted by Crippen LogP contribution is 2.32. The number of benzene rings is 2. The highest BCUT2D eigenvalue weighted by Gasteiger charge is 2.34. The molecule has 0 radical (unpaired) electrons. The maximum absolute atomic E-state index is 12.9. The number of ether oxygens (including phenoxy) is 3. The van der Waals surface area contributed by atoms with Gasteiger partial charge in [-0.15, -0.1) is 0 Å². The number of amides is 1. The Kier molecular flexibility index (Phi) is 7.33. The predicted molar refractivity (Wildman–Crippen MR) is 136 cm³/mol. The van der Waals surface area contributed by atoms with Crippen LogP contribution in [0, 0.1) is 6.92 Å². The van der Waals surface area contributed by atoms with Gasteiger partial charge >= 0.3 is 12.1 Å². The molecule has 0 bridgehead atoms. The molecule has 0 saturated carbocycles. The van der Waals surface area contributed by atoms with Crippen molar-refractivity contribution in [3.05, 3.63) is 65.9 Å². The molecule has 1 amide bonds. The van der Waals surface area contributed by atoms with Crippen molar-refractivity contribution in [2.45, 2.75) is 52.7 Å². The van der Waals surface area contributed by atoms with Crippen molar-refractivity contribution in [3.63, 3.8) is 0 Å². The summed E-state index contributed by atoms with van der Waals surface area (Å²) in [5, 5.41) is 4.84. The van der Waals surface area contributed by atoms with Crippen LogP contribution in [0.5, 0.6) is 11.5 Å². The van der Waals surface area contributed by atoms with Gasteiger partial charge in [0.1, 0.15) is 22.8 Å². The van der Waals surface area contributed by atoms with E-state index in [0.29, 0.717) is 36.6 Å². The third kappa shape index (κ3) is 5.70. The fourth-order valence-corrected chi connectivity index (χ4v) is 4.24. The van der Waals surface area contributed by atoms with Crippen molar-refractivity contribution < 1.29 is 23.8 Å². The van der Waals surface area contributed by atoms with Crippen molar-refractivity contribution in [2.75, 3.05) is 19.7 Å². The normalized spacial score (nSPS) is 15.6. The van der Waals surface area contributed by atoms with Crippen LogP contribution in [0.15, 0.2) is 54.6 Å². The van der Waals surface area contributed by atoms with Gasteiger partial charge < -0.3 is 19.1 Å². The number of nitrogens with zero attached hydrogens (tertiary/aromatic N) is 3. The quantitative estimate of drug-likeness (QED) is 0.393. The minimum Gasteiger partial charge on any atom is -0.461 e. The summed E-state index contributed by atoms with van der Waals surface area (Å²) in [6.07, 6.45) is 0.302. The Balaban J connectivity index is 1.60. The van der Waals surface area contributed by atoms with E-state index in [1.54, 1.807) is 16.5 Å². The summed E-state index contributed by atoms with van der Waals surface area (Å²) in [5.41, 5.74) is 2.13. The Morgan fingerprint density at radius 3 is 2.33 bits per heavy atom. The molecule has 4 rings (SSSR count). The zero-order chi connectivity index (χ0) is 25.9. The van der Waals surface area contributed by atoms with Gasteiger partial charge in [-0.25, -0.2) is 9.59 Å². The summed E-state index contributed by atoms with van der Waals surface area (Å²) >= 11 is 0. The lowest BCUT2D eigenvalue weighted by atomic mass is 10.1. The number of esters is 1. The molecule has 0 aliphatic carbocycles. The van der Waals surface area contributed by atoms with Crippen LogP contribution < -0.4 is 4.74 Å². The molecule has 1 atom stereocenters. The van der Waals surface area contributed by atoms with Gasteiger partial charge in [0.25, 0.3) is 0 Å². The minimum absolute atomic E-state index is 0.162. The fourth-order valence-electron chi connectivity index (χ4n) is 4.24. The number of carbonyl (C=O) groups excluding carboxylic acids is 2. The minimum atomic E-state index is -0.572. The van der Waals surface area contributed by atoms with Gasteiger partial charge in [-0.2, -0.15) is 5.10 Å². The molecular weight excluding hydrogens is 458 g/mol. The Bertz CT molecular complexity index is 1210. The second-order valence-electron chi connectivity index (χ2n) is 9.80. The van der Waals surface area contributed by atoms with Crippen LogP contribution in [0.4, 0.5) is 4.79 Å². The van der Waals surface area contributed by atoms with E-state index < -0.39 is 11.6 Å². The lowest BCUT2D eigenvalue weighted by Gasteiger charge is -2.24. The van der Waals surface area contributed by atoms with E-state index in [1.165, 1.54) is 0 Å². The van der Waals surface area contributed by atoms with Crippen LogP contribution in [-0.4, -0.2) is 52.0 Å². The van der Waals surface area contributed by atoms with E-state index >= 15 is 0 Å². The largest absolute Gasteiger partial charge is 0.461 e. The zero-order valence-corrected chi connectivity index (χ0v) is 21.5. The van der Waals surface area contributed by atoms with Gasteiger partial charge in [0.15, 0.2) is 0 Å². The van der Waals surface area contributed by atoms with Crippen LogP contribution >= 0.6 is 0 Å². The molecule has 1 fully saturated rings. The molecule has 1 aromatic heterocycles. The molecule has 8 heteroatoms. The number of hydrogen-bond donors (Lipinski definition) is 0. The lowest BCUT2D eigenvalue weighted by Crippen LogP contribution is -2.35. The smallest absolute Gasteiger partial charge is 0.410 e. The zero-order valence-electron chi connectivity index (χ0n) is 21.5. The Morgan fingerprint density at radius 2 is 1.69 bits per heavy atom. The second-order valence-corrected chi connectivity index (χ2v) is 9.80. The average Bonchev–Trinajstić information content (AvgIpc) is 3.44. The maximum Gasteiger partial charge on any atom is 0.410 e. The van der Waals surface area contributed by atoms with Crippen molar-refractivity contribution in [2.24, 2.45) is 0 Å². The van der Waals surface area contributed by atoms with Crippen molar-refractivity contribution in [1.29, 1.82) is 0 Å². The van der Waals surface area contributed by atoms with Gasteiger partial charge in [0.05, 0.1) is 18.3 Å². The molecule has 1 saturated heterocycles. The molecule has 36 heavy (non-hydrogen) atoms. The molecule has 3 aromatic rings. The standard InChI is InChI=1S/C28H33N3O5/c1-6-34-26(32)25-19(2)24(20-12-14-23(15-13-20)35-22-10-8-7-9-11-22)29-31(25)21-16-17-30(18-21)27(33)36-28(3,4)5/h7-15,21H,6,16-18H2,1-5H3. The van der Waals surface area contributed by atoms with Crippen LogP contribution in [0.2, 0.25) is 0 Å². The number of rotatable bonds is 6. The SMILES string of the molecule is CCOC(=O)c1c(C)c(-c2ccc(Oc3ccccc3)cc2)nn1C1CCN(C(=O)OC(C)(C)C)C1. The van der Waals surface area contributed by atoms with Gasteiger partial charge in [0.2, 0.25) is 0 Å². The first-order valence-electron chi connectivity index (χ1n) is 12.2. The molecule has 2 aromatic carbocycles. The van der Waals surface area contributed by atoms with Gasteiger partial charge in [-0.3, -0.25) is 4.68 Å². The summed E-state index contributed by atoms with van der Waals surface area (Å²) in [7, 11) is 0. The number of likely N-dealkylation sites (tertiary alicyclic amines) is 1. The molecular formula is C28H33N3O5. The average molecular weight is 492 g/mol. The van der Waals surface area contributed by atoms with Crippen molar-refractivity contribution in [3.8, 4) is 22.8 Å². The Hall–Kier alpha value is -3.81. The van der Waals surface area contributed by atoms with Crippen molar-refractivity contribution in [1.82, 2.24) is 14.7 Å². The first-order valence-corrected chi connectivity index (χ1v) is 12.2. The van der Waals surface area contributed by atoms with E-state index in [2.05, 4.69) is 0 Å². The monoisotopic (exact) mass is 491 g/mol. The molecule has 190 valence electrons. The number of aromatic nitrogens is 2. The van der Waals surface area contributed by atoms with E-state index in [4.69, 9.17) is 19.3 Å². The van der Waals surface area contributed by atoms with Crippen LogP contribution in [0.3, 0.4) is 0 Å². The molecule has 2 heterocycles. The van der Waals surface area contributed by atoms with E-state index in [1.807, 2.05) is 82.3 Å². The lowest BCUT2D eigenvalue weighted by molar-refractivity contribution is 0.0288. The molecule has 1 aliphatic rings. The first kappa shape index (κ1) is 25.3. The molecule has 1 aliphatic heterocycles. The Labute approximate surface area is 211 Å². The highest BCUT2D eigenvalue weighted by atomic mass is 16.6. The van der Waals surface area contributed by atoms with Crippen molar-refractivity contribution >= 4 is 12.1 Å². The fraction of sp³-hybridized carbons (Fsp3) is 0.393. The van der Waals surface area contributed by atoms with E-state index in [-0.39, 0.29) is 18.7 Å². The number of hydrogen-bond acceptors (Lipinski definition) is 6. The van der Waals surface area contributed by atoms with Gasteiger partial charge in [0, 0.05) is 24.2 Å². The summed E-state index contributed by atoms with van der Waals surface area (Å²) in [6, 6.07) is 17.0. The Morgan fingerprint density at radius 1 is 1.03 bits per heavy atom. The summed E-state index contributed by atoms with van der Waals surface area (Å²) < 4.78 is 18.5. The van der Waals surface area contributed by atoms with Gasteiger partial charge in [-0.1, -0.05) is 18.2 Å². The van der Waals surface area contributed by atoms with Crippen LogP contribution in [-0.2, 0) is 9.47 Å². The maximum atomic E-state index is 12.9. The third-order valence-corrected chi connectivity index (χ3v) is 5.88. The van der Waals surface area contributed by atoms with E-state index in [9.17, 15) is 9.59 Å². The molecule has 0 N–H and O–H groups in total. The molecule has 8 nitrogen and oxygen atoms in total. The van der Waals surface area contributed by atoms with Crippen LogP contribution in [0.25, 0.3) is 11.3 Å². The number of para-hydroxylation sites is 1. The topological polar surface area (TPSA) is 82.9 Å². The molecule has 1 unspecified atom stereocenters.